The first-order valence-corrected chi connectivity index (χ1v) is 4.94. The zero-order valence-electron chi connectivity index (χ0n) is 8.99. The highest BCUT2D eigenvalue weighted by Crippen LogP contribution is 2.30. The summed E-state index contributed by atoms with van der Waals surface area (Å²) in [6, 6.07) is 6.57. The van der Waals surface area contributed by atoms with Gasteiger partial charge in [0.1, 0.15) is 5.82 Å². The summed E-state index contributed by atoms with van der Waals surface area (Å²) in [5.41, 5.74) is 0.599. The van der Waals surface area contributed by atoms with Crippen LogP contribution in [-0.2, 0) is 6.18 Å². The Balaban J connectivity index is 2.36. The van der Waals surface area contributed by atoms with Gasteiger partial charge in [-0.1, -0.05) is 12.1 Å². The van der Waals surface area contributed by atoms with Crippen molar-refractivity contribution in [1.82, 2.24) is 9.97 Å². The molecule has 0 saturated heterocycles. The lowest BCUT2D eigenvalue weighted by Crippen LogP contribution is -2.04. The summed E-state index contributed by atoms with van der Waals surface area (Å²) < 4.78 is 37.1. The number of rotatable bonds is 1. The molecule has 2 nitrogen and oxygen atoms in total. The maximum Gasteiger partial charge on any atom is 0.416 e. The van der Waals surface area contributed by atoms with E-state index < -0.39 is 11.7 Å². The number of hydrogen-bond acceptors (Lipinski definition) is 2. The number of nitrogens with zero attached hydrogens (tertiary/aromatic N) is 2. The first kappa shape index (κ1) is 11.6. The molecule has 0 aliphatic rings. The molecule has 1 heterocycles. The molecule has 0 radical (unpaired) electrons. The predicted molar refractivity (Wildman–Crippen MR) is 57.2 cm³/mol. The standard InChI is InChI=1S/C12H9F3N2/c1-8-16-7-6-11(17-8)9-2-4-10(5-3-9)12(13,14)15/h2-7H,1H3. The third-order valence-corrected chi connectivity index (χ3v) is 2.28. The van der Waals surface area contributed by atoms with Crippen LogP contribution < -0.4 is 0 Å². The highest BCUT2D eigenvalue weighted by atomic mass is 19.4. The number of benzene rings is 1. The second-order valence-electron chi connectivity index (χ2n) is 3.56. The number of aryl methyl sites for hydroxylation is 1. The Morgan fingerprint density at radius 1 is 1.00 bits per heavy atom. The summed E-state index contributed by atoms with van der Waals surface area (Å²) in [5, 5.41) is 0. The van der Waals surface area contributed by atoms with Gasteiger partial charge in [-0.25, -0.2) is 9.97 Å². The van der Waals surface area contributed by atoms with Crippen molar-refractivity contribution < 1.29 is 13.2 Å². The molecule has 0 N–H and O–H groups in total. The Hall–Kier alpha value is -1.91. The first-order valence-electron chi connectivity index (χ1n) is 4.94. The number of aromatic nitrogens is 2. The van der Waals surface area contributed by atoms with E-state index in [0.29, 0.717) is 17.1 Å². The predicted octanol–water partition coefficient (Wildman–Crippen LogP) is 3.47. The monoisotopic (exact) mass is 238 g/mol. The fourth-order valence-corrected chi connectivity index (χ4v) is 1.45. The third-order valence-electron chi connectivity index (χ3n) is 2.28. The summed E-state index contributed by atoms with van der Waals surface area (Å²) in [7, 11) is 0. The van der Waals surface area contributed by atoms with Gasteiger partial charge >= 0.3 is 6.18 Å². The van der Waals surface area contributed by atoms with Gasteiger partial charge in [0, 0.05) is 11.8 Å². The van der Waals surface area contributed by atoms with Gasteiger partial charge in [0.25, 0.3) is 0 Å². The Kier molecular flexibility index (Phi) is 2.83. The van der Waals surface area contributed by atoms with Crippen LogP contribution in [0, 0.1) is 6.92 Å². The van der Waals surface area contributed by atoms with Crippen molar-refractivity contribution in [2.24, 2.45) is 0 Å². The van der Waals surface area contributed by atoms with Crippen LogP contribution in [0.5, 0.6) is 0 Å². The minimum Gasteiger partial charge on any atom is -0.242 e. The molecule has 88 valence electrons. The average Bonchev–Trinajstić information content (AvgIpc) is 2.28. The highest BCUT2D eigenvalue weighted by molar-refractivity contribution is 5.59. The Bertz CT molecular complexity index is 518. The summed E-state index contributed by atoms with van der Waals surface area (Å²) in [5.74, 6) is 0.586. The van der Waals surface area contributed by atoms with Crippen LogP contribution in [0.3, 0.4) is 0 Å². The van der Waals surface area contributed by atoms with Gasteiger partial charge in [-0.3, -0.25) is 0 Å². The average molecular weight is 238 g/mol. The molecule has 0 unspecified atom stereocenters. The van der Waals surface area contributed by atoms with E-state index in [4.69, 9.17) is 0 Å². The highest BCUT2D eigenvalue weighted by Gasteiger charge is 2.29. The zero-order chi connectivity index (χ0) is 12.5. The van der Waals surface area contributed by atoms with E-state index in [1.807, 2.05) is 0 Å². The van der Waals surface area contributed by atoms with Crippen molar-refractivity contribution in [3.05, 3.63) is 47.9 Å². The minimum absolute atomic E-state index is 0.586. The lowest BCUT2D eigenvalue weighted by atomic mass is 10.1. The molecular formula is C12H9F3N2. The maximum absolute atomic E-state index is 12.4. The van der Waals surface area contributed by atoms with Crippen LogP contribution in [0.1, 0.15) is 11.4 Å². The van der Waals surface area contributed by atoms with E-state index in [1.54, 1.807) is 19.2 Å². The number of alkyl halides is 3. The molecule has 5 heteroatoms. The second kappa shape index (κ2) is 4.16. The normalized spacial score (nSPS) is 11.5. The second-order valence-corrected chi connectivity index (χ2v) is 3.56. The molecule has 0 saturated carbocycles. The van der Waals surface area contributed by atoms with Gasteiger partial charge < -0.3 is 0 Å². The van der Waals surface area contributed by atoms with E-state index in [9.17, 15) is 13.2 Å². The van der Waals surface area contributed by atoms with Gasteiger partial charge in [0.05, 0.1) is 11.3 Å². The van der Waals surface area contributed by atoms with Crippen LogP contribution in [0.4, 0.5) is 13.2 Å². The van der Waals surface area contributed by atoms with Gasteiger partial charge in [-0.2, -0.15) is 13.2 Å². The Labute approximate surface area is 96.2 Å². The molecule has 1 aromatic carbocycles. The van der Waals surface area contributed by atoms with Crippen molar-refractivity contribution in [3.8, 4) is 11.3 Å². The molecule has 0 aliphatic heterocycles. The van der Waals surface area contributed by atoms with Crippen molar-refractivity contribution in [3.63, 3.8) is 0 Å². The van der Waals surface area contributed by atoms with E-state index in [2.05, 4.69) is 9.97 Å². The summed E-state index contributed by atoms with van der Waals surface area (Å²) in [6.45, 7) is 1.73. The molecule has 0 bridgehead atoms. The molecule has 0 amide bonds. The summed E-state index contributed by atoms with van der Waals surface area (Å²) in [6.07, 6.45) is -2.73. The SMILES string of the molecule is Cc1nccc(-c2ccc(C(F)(F)F)cc2)n1. The van der Waals surface area contributed by atoms with E-state index in [0.717, 1.165) is 12.1 Å². The van der Waals surface area contributed by atoms with E-state index in [1.165, 1.54) is 12.1 Å². The molecule has 0 aliphatic carbocycles. The lowest BCUT2D eigenvalue weighted by Gasteiger charge is -2.07. The number of halogens is 3. The Morgan fingerprint density at radius 3 is 2.18 bits per heavy atom. The van der Waals surface area contributed by atoms with Crippen molar-refractivity contribution in [2.45, 2.75) is 13.1 Å². The molecule has 0 fully saturated rings. The molecule has 1 aromatic heterocycles. The van der Waals surface area contributed by atoms with E-state index >= 15 is 0 Å². The topological polar surface area (TPSA) is 25.8 Å². The number of hydrogen-bond donors (Lipinski definition) is 0. The largest absolute Gasteiger partial charge is 0.416 e. The zero-order valence-corrected chi connectivity index (χ0v) is 8.99. The fraction of sp³-hybridized carbons (Fsp3) is 0.167. The van der Waals surface area contributed by atoms with Crippen LogP contribution >= 0.6 is 0 Å². The smallest absolute Gasteiger partial charge is 0.242 e. The molecule has 0 spiro atoms. The van der Waals surface area contributed by atoms with Crippen molar-refractivity contribution in [1.29, 1.82) is 0 Å². The van der Waals surface area contributed by atoms with Crippen molar-refractivity contribution in [2.75, 3.05) is 0 Å². The van der Waals surface area contributed by atoms with Crippen molar-refractivity contribution >= 4 is 0 Å². The fourth-order valence-electron chi connectivity index (χ4n) is 1.45. The van der Waals surface area contributed by atoms with Gasteiger partial charge in [0.15, 0.2) is 0 Å². The first-order chi connectivity index (χ1) is 7.97. The van der Waals surface area contributed by atoms with Crippen LogP contribution in [-0.4, -0.2) is 9.97 Å². The molecule has 2 aromatic rings. The van der Waals surface area contributed by atoms with Crippen LogP contribution in [0.2, 0.25) is 0 Å². The molecule has 17 heavy (non-hydrogen) atoms. The quantitative estimate of drug-likeness (QED) is 0.760. The van der Waals surface area contributed by atoms with Crippen LogP contribution in [0.15, 0.2) is 36.5 Å². The Morgan fingerprint density at radius 2 is 1.65 bits per heavy atom. The lowest BCUT2D eigenvalue weighted by molar-refractivity contribution is -0.137. The van der Waals surface area contributed by atoms with Gasteiger partial charge in [-0.05, 0) is 25.1 Å². The third kappa shape index (κ3) is 2.61. The summed E-state index contributed by atoms with van der Waals surface area (Å²) in [4.78, 5) is 8.07. The minimum atomic E-state index is -4.31. The maximum atomic E-state index is 12.4. The molecular weight excluding hydrogens is 229 g/mol. The summed E-state index contributed by atoms with van der Waals surface area (Å²) >= 11 is 0. The van der Waals surface area contributed by atoms with Crippen LogP contribution in [0.25, 0.3) is 11.3 Å². The molecule has 0 atom stereocenters. The van der Waals surface area contributed by atoms with Gasteiger partial charge in [0.2, 0.25) is 0 Å². The van der Waals surface area contributed by atoms with Gasteiger partial charge in [-0.15, -0.1) is 0 Å². The van der Waals surface area contributed by atoms with E-state index in [-0.39, 0.29) is 0 Å². The molecule has 2 rings (SSSR count).